The van der Waals surface area contributed by atoms with Crippen LogP contribution >= 0.6 is 11.3 Å². The highest BCUT2D eigenvalue weighted by atomic mass is 32.1. The molecule has 3 rings (SSSR count). The molecule has 4 nitrogen and oxygen atoms in total. The maximum Gasteiger partial charge on any atom is 0.272 e. The summed E-state index contributed by atoms with van der Waals surface area (Å²) in [7, 11) is 0. The van der Waals surface area contributed by atoms with Gasteiger partial charge in [0.15, 0.2) is 0 Å². The van der Waals surface area contributed by atoms with Gasteiger partial charge in [0, 0.05) is 22.3 Å². The molecule has 2 heterocycles. The molecule has 0 spiro atoms. The van der Waals surface area contributed by atoms with E-state index in [2.05, 4.69) is 10.3 Å². The van der Waals surface area contributed by atoms with E-state index >= 15 is 0 Å². The molecule has 18 heavy (non-hydrogen) atoms. The number of H-pyrrole nitrogens is 1. The van der Waals surface area contributed by atoms with E-state index in [1.54, 1.807) is 23.6 Å². The van der Waals surface area contributed by atoms with Crippen LogP contribution in [0.5, 0.6) is 0 Å². The van der Waals surface area contributed by atoms with Crippen LogP contribution in [-0.4, -0.2) is 10.9 Å². The molecule has 0 aliphatic carbocycles. The molecule has 0 atom stereocenters. The number of hydrogen-bond acceptors (Lipinski definition) is 3. The minimum absolute atomic E-state index is 0.193. The number of aromatic amines is 1. The van der Waals surface area contributed by atoms with Crippen LogP contribution in [0.1, 0.15) is 10.5 Å². The summed E-state index contributed by atoms with van der Waals surface area (Å²) in [5, 5.41) is 5.99. The molecule has 5 heteroatoms. The summed E-state index contributed by atoms with van der Waals surface area (Å²) in [6, 6.07) is 9.48. The largest absolute Gasteiger partial charge is 0.397 e. The minimum atomic E-state index is -0.193. The Morgan fingerprint density at radius 3 is 2.94 bits per heavy atom. The lowest BCUT2D eigenvalue weighted by Gasteiger charge is -2.03. The summed E-state index contributed by atoms with van der Waals surface area (Å²) in [5.74, 6) is -0.193. The standard InChI is InChI=1S/C13H11N3OS/c14-9-6-11(15-7-9)13(17)16-10-1-2-12-8(5-10)3-4-18-12/h1-7,15H,14H2,(H,16,17). The van der Waals surface area contributed by atoms with Crippen molar-refractivity contribution >= 4 is 38.7 Å². The smallest absolute Gasteiger partial charge is 0.272 e. The quantitative estimate of drug-likeness (QED) is 0.660. The van der Waals surface area contributed by atoms with E-state index < -0.39 is 0 Å². The fraction of sp³-hybridized carbons (Fsp3) is 0. The fourth-order valence-electron chi connectivity index (χ4n) is 1.79. The summed E-state index contributed by atoms with van der Waals surface area (Å²) in [4.78, 5) is 14.7. The maximum absolute atomic E-state index is 11.9. The summed E-state index contributed by atoms with van der Waals surface area (Å²) < 4.78 is 1.21. The van der Waals surface area contributed by atoms with Gasteiger partial charge in [0.05, 0.1) is 0 Å². The second-order valence-electron chi connectivity index (χ2n) is 3.97. The average Bonchev–Trinajstić information content (AvgIpc) is 2.96. The Morgan fingerprint density at radius 1 is 1.28 bits per heavy atom. The first-order valence-electron chi connectivity index (χ1n) is 5.45. The zero-order chi connectivity index (χ0) is 12.5. The van der Waals surface area contributed by atoms with E-state index in [0.717, 1.165) is 11.1 Å². The number of carbonyl (C=O) groups is 1. The zero-order valence-corrected chi connectivity index (χ0v) is 10.3. The Balaban J connectivity index is 1.85. The Morgan fingerprint density at radius 2 is 2.17 bits per heavy atom. The Kier molecular flexibility index (Phi) is 2.53. The van der Waals surface area contributed by atoms with E-state index in [0.29, 0.717) is 11.4 Å². The zero-order valence-electron chi connectivity index (χ0n) is 9.44. The van der Waals surface area contributed by atoms with E-state index in [4.69, 9.17) is 5.73 Å². The highest BCUT2D eigenvalue weighted by Crippen LogP contribution is 2.24. The number of anilines is 2. The Labute approximate surface area is 107 Å². The Bertz CT molecular complexity index is 714. The van der Waals surface area contributed by atoms with Crippen molar-refractivity contribution in [3.63, 3.8) is 0 Å². The number of amides is 1. The average molecular weight is 257 g/mol. The summed E-state index contributed by atoms with van der Waals surface area (Å²) in [6.45, 7) is 0. The van der Waals surface area contributed by atoms with Gasteiger partial charge in [-0.05, 0) is 41.1 Å². The Hall–Kier alpha value is -2.27. The number of thiophene rings is 1. The van der Waals surface area contributed by atoms with Gasteiger partial charge in [0.2, 0.25) is 0 Å². The normalized spacial score (nSPS) is 10.7. The van der Waals surface area contributed by atoms with Crippen molar-refractivity contribution in [3.8, 4) is 0 Å². The molecule has 0 aliphatic heterocycles. The molecule has 0 saturated carbocycles. The molecule has 0 radical (unpaired) electrons. The molecule has 1 amide bonds. The third-order valence-electron chi connectivity index (χ3n) is 2.66. The number of nitrogen functional groups attached to an aromatic ring is 1. The van der Waals surface area contributed by atoms with Gasteiger partial charge in [-0.3, -0.25) is 4.79 Å². The highest BCUT2D eigenvalue weighted by molar-refractivity contribution is 7.17. The molecule has 0 aliphatic rings. The predicted molar refractivity (Wildman–Crippen MR) is 75.0 cm³/mol. The number of hydrogen-bond donors (Lipinski definition) is 3. The maximum atomic E-state index is 11.9. The topological polar surface area (TPSA) is 70.9 Å². The number of rotatable bonds is 2. The molecule has 0 unspecified atom stereocenters. The molecule has 4 N–H and O–H groups in total. The first kappa shape index (κ1) is 10.9. The van der Waals surface area contributed by atoms with Gasteiger partial charge in [-0.15, -0.1) is 11.3 Å². The number of nitrogens with two attached hydrogens (primary N) is 1. The molecular formula is C13H11N3OS. The van der Waals surface area contributed by atoms with Crippen molar-refractivity contribution in [3.05, 3.63) is 47.6 Å². The van der Waals surface area contributed by atoms with Crippen LogP contribution in [0.4, 0.5) is 11.4 Å². The summed E-state index contributed by atoms with van der Waals surface area (Å²) >= 11 is 1.68. The number of nitrogens with one attached hydrogen (secondary N) is 2. The first-order chi connectivity index (χ1) is 8.72. The van der Waals surface area contributed by atoms with Gasteiger partial charge in [-0.25, -0.2) is 0 Å². The van der Waals surface area contributed by atoms with E-state index in [-0.39, 0.29) is 5.91 Å². The lowest BCUT2D eigenvalue weighted by Crippen LogP contribution is -2.11. The summed E-state index contributed by atoms with van der Waals surface area (Å²) in [5.41, 5.74) is 7.34. The van der Waals surface area contributed by atoms with Crippen LogP contribution in [0.15, 0.2) is 41.9 Å². The lowest BCUT2D eigenvalue weighted by atomic mass is 10.2. The van der Waals surface area contributed by atoms with Gasteiger partial charge in [-0.1, -0.05) is 0 Å². The molecule has 2 aromatic heterocycles. The monoisotopic (exact) mass is 257 g/mol. The second kappa shape index (κ2) is 4.19. The van der Waals surface area contributed by atoms with Gasteiger partial charge >= 0.3 is 0 Å². The van der Waals surface area contributed by atoms with Gasteiger partial charge in [0.1, 0.15) is 5.69 Å². The van der Waals surface area contributed by atoms with Crippen LogP contribution in [0.3, 0.4) is 0 Å². The third-order valence-corrected chi connectivity index (χ3v) is 3.56. The lowest BCUT2D eigenvalue weighted by molar-refractivity contribution is 0.102. The van der Waals surface area contributed by atoms with Crippen molar-refractivity contribution in [1.29, 1.82) is 0 Å². The van der Waals surface area contributed by atoms with E-state index in [1.807, 2.05) is 29.6 Å². The van der Waals surface area contributed by atoms with E-state index in [1.165, 1.54) is 4.70 Å². The van der Waals surface area contributed by atoms with Crippen LogP contribution in [0.2, 0.25) is 0 Å². The van der Waals surface area contributed by atoms with Crippen LogP contribution in [0.25, 0.3) is 10.1 Å². The minimum Gasteiger partial charge on any atom is -0.397 e. The molecule has 1 aromatic carbocycles. The number of carbonyl (C=O) groups excluding carboxylic acids is 1. The summed E-state index contributed by atoms with van der Waals surface area (Å²) in [6.07, 6.45) is 1.59. The van der Waals surface area contributed by atoms with Crippen molar-refractivity contribution in [1.82, 2.24) is 4.98 Å². The first-order valence-corrected chi connectivity index (χ1v) is 6.33. The number of fused-ring (bicyclic) bond motifs is 1. The van der Waals surface area contributed by atoms with Crippen molar-refractivity contribution < 1.29 is 4.79 Å². The number of aromatic nitrogens is 1. The van der Waals surface area contributed by atoms with Crippen molar-refractivity contribution in [2.24, 2.45) is 0 Å². The SMILES string of the molecule is Nc1c[nH]c(C(=O)Nc2ccc3sccc3c2)c1. The predicted octanol–water partition coefficient (Wildman–Crippen LogP) is 3.06. The fourth-order valence-corrected chi connectivity index (χ4v) is 2.56. The van der Waals surface area contributed by atoms with Gasteiger partial charge in [0.25, 0.3) is 5.91 Å². The van der Waals surface area contributed by atoms with Crippen LogP contribution in [-0.2, 0) is 0 Å². The molecular weight excluding hydrogens is 246 g/mol. The van der Waals surface area contributed by atoms with Gasteiger partial charge < -0.3 is 16.0 Å². The van der Waals surface area contributed by atoms with Crippen LogP contribution in [0, 0.1) is 0 Å². The molecule has 0 saturated heterocycles. The van der Waals surface area contributed by atoms with Crippen LogP contribution < -0.4 is 11.1 Å². The second-order valence-corrected chi connectivity index (χ2v) is 4.92. The van der Waals surface area contributed by atoms with Crippen molar-refractivity contribution in [2.45, 2.75) is 0 Å². The molecule has 0 bridgehead atoms. The molecule has 0 fully saturated rings. The molecule has 3 aromatic rings. The van der Waals surface area contributed by atoms with Crippen molar-refractivity contribution in [2.75, 3.05) is 11.1 Å². The number of benzene rings is 1. The van der Waals surface area contributed by atoms with Gasteiger partial charge in [-0.2, -0.15) is 0 Å². The third kappa shape index (κ3) is 1.96. The van der Waals surface area contributed by atoms with E-state index in [9.17, 15) is 4.79 Å². The highest BCUT2D eigenvalue weighted by Gasteiger charge is 2.08. The molecule has 90 valence electrons.